The lowest BCUT2D eigenvalue weighted by Crippen LogP contribution is -2.31. The molecule has 0 fully saturated rings. The number of likely N-dealkylation sites (N-methyl/N-ethyl adjacent to an activating group) is 1. The molecular weight excluding hydrogens is 233 g/mol. The van der Waals surface area contributed by atoms with Crippen molar-refractivity contribution in [3.05, 3.63) is 35.6 Å². The first kappa shape index (κ1) is 15.1. The lowest BCUT2D eigenvalue weighted by atomic mass is 10.1. The van der Waals surface area contributed by atoms with Gasteiger partial charge in [0.1, 0.15) is 5.82 Å². The zero-order chi connectivity index (χ0) is 13.4. The Labute approximate surface area is 108 Å². The summed E-state index contributed by atoms with van der Waals surface area (Å²) in [6, 6.07) is 5.98. The van der Waals surface area contributed by atoms with Crippen LogP contribution >= 0.6 is 0 Å². The van der Waals surface area contributed by atoms with Crippen molar-refractivity contribution >= 4 is 0 Å². The molecule has 0 amide bonds. The van der Waals surface area contributed by atoms with Gasteiger partial charge in [-0.3, -0.25) is 4.90 Å². The zero-order valence-electron chi connectivity index (χ0n) is 11.1. The normalized spacial score (nSPS) is 12.9. The Morgan fingerprint density at radius 2 is 1.94 bits per heavy atom. The molecule has 1 aromatic carbocycles. The van der Waals surface area contributed by atoms with E-state index in [0.717, 1.165) is 18.7 Å². The first-order chi connectivity index (χ1) is 8.67. The van der Waals surface area contributed by atoms with E-state index in [1.807, 2.05) is 13.8 Å². The average molecular weight is 255 g/mol. The largest absolute Gasteiger partial charge is 0.387 e. The Hall–Kier alpha value is -0.970. The highest BCUT2D eigenvalue weighted by molar-refractivity contribution is 5.18. The standard InChI is InChI=1S/C14H22FNO2/c1-3-16(9-10-18-4-2)11-14(17)12-5-7-13(15)8-6-12/h5-8,14,17H,3-4,9-11H2,1-2H3. The molecule has 102 valence electrons. The van der Waals surface area contributed by atoms with Crippen LogP contribution in [-0.4, -0.2) is 42.9 Å². The summed E-state index contributed by atoms with van der Waals surface area (Å²) in [5.41, 5.74) is 0.742. The molecule has 1 aromatic rings. The van der Waals surface area contributed by atoms with Crippen LogP contribution in [0.25, 0.3) is 0 Å². The maximum Gasteiger partial charge on any atom is 0.123 e. The number of nitrogens with zero attached hydrogens (tertiary/aromatic N) is 1. The average Bonchev–Trinajstić information content (AvgIpc) is 2.38. The molecule has 18 heavy (non-hydrogen) atoms. The van der Waals surface area contributed by atoms with Crippen LogP contribution in [-0.2, 0) is 4.74 Å². The third-order valence-corrected chi connectivity index (χ3v) is 2.89. The van der Waals surface area contributed by atoms with Crippen LogP contribution in [0.4, 0.5) is 4.39 Å². The third-order valence-electron chi connectivity index (χ3n) is 2.89. The minimum atomic E-state index is -0.591. The molecule has 0 saturated carbocycles. The predicted octanol–water partition coefficient (Wildman–Crippen LogP) is 2.22. The molecule has 0 aliphatic carbocycles. The van der Waals surface area contributed by atoms with E-state index < -0.39 is 6.10 Å². The molecule has 0 radical (unpaired) electrons. The first-order valence-corrected chi connectivity index (χ1v) is 6.41. The van der Waals surface area contributed by atoms with Crippen molar-refractivity contribution in [1.82, 2.24) is 4.90 Å². The summed E-state index contributed by atoms with van der Waals surface area (Å²) in [6.07, 6.45) is -0.591. The van der Waals surface area contributed by atoms with Gasteiger partial charge in [0.25, 0.3) is 0 Å². The minimum Gasteiger partial charge on any atom is -0.387 e. The summed E-state index contributed by atoms with van der Waals surface area (Å²) < 4.78 is 18.1. The first-order valence-electron chi connectivity index (χ1n) is 6.41. The maximum atomic E-state index is 12.8. The van der Waals surface area contributed by atoms with Crippen LogP contribution in [0, 0.1) is 5.82 Å². The Kier molecular flexibility index (Phi) is 6.86. The lowest BCUT2D eigenvalue weighted by Gasteiger charge is -2.23. The summed E-state index contributed by atoms with van der Waals surface area (Å²) >= 11 is 0. The summed E-state index contributed by atoms with van der Waals surface area (Å²) in [5.74, 6) is -0.283. The molecule has 0 heterocycles. The lowest BCUT2D eigenvalue weighted by molar-refractivity contribution is 0.0792. The van der Waals surface area contributed by atoms with Crippen LogP contribution in [0.5, 0.6) is 0 Å². The van der Waals surface area contributed by atoms with Gasteiger partial charge in [-0.2, -0.15) is 0 Å². The van der Waals surface area contributed by atoms with Crippen molar-refractivity contribution in [1.29, 1.82) is 0 Å². The Morgan fingerprint density at radius 3 is 2.50 bits per heavy atom. The monoisotopic (exact) mass is 255 g/mol. The van der Waals surface area contributed by atoms with Gasteiger partial charge in [-0.1, -0.05) is 19.1 Å². The van der Waals surface area contributed by atoms with Crippen molar-refractivity contribution in [2.75, 3.05) is 32.8 Å². The van der Waals surface area contributed by atoms with Crippen molar-refractivity contribution in [3.8, 4) is 0 Å². The van der Waals surface area contributed by atoms with Gasteiger partial charge in [-0.05, 0) is 31.2 Å². The van der Waals surface area contributed by atoms with Crippen LogP contribution in [0.1, 0.15) is 25.5 Å². The summed E-state index contributed by atoms with van der Waals surface area (Å²) in [7, 11) is 0. The van der Waals surface area contributed by atoms with Gasteiger partial charge < -0.3 is 9.84 Å². The number of ether oxygens (including phenoxy) is 1. The fourth-order valence-electron chi connectivity index (χ4n) is 1.75. The molecule has 0 spiro atoms. The third kappa shape index (κ3) is 5.12. The number of hydrogen-bond acceptors (Lipinski definition) is 3. The van der Waals surface area contributed by atoms with Gasteiger partial charge in [0.05, 0.1) is 12.7 Å². The molecule has 0 bridgehead atoms. The van der Waals surface area contributed by atoms with Gasteiger partial charge in [0.2, 0.25) is 0 Å². The quantitative estimate of drug-likeness (QED) is 0.723. The fourth-order valence-corrected chi connectivity index (χ4v) is 1.75. The second-order valence-electron chi connectivity index (χ2n) is 4.16. The van der Waals surface area contributed by atoms with Crippen LogP contribution < -0.4 is 0 Å². The van der Waals surface area contributed by atoms with Crippen LogP contribution in [0.2, 0.25) is 0 Å². The van der Waals surface area contributed by atoms with E-state index in [2.05, 4.69) is 4.90 Å². The number of aliphatic hydroxyl groups is 1. The molecule has 0 aromatic heterocycles. The van der Waals surface area contributed by atoms with E-state index in [1.165, 1.54) is 12.1 Å². The number of hydrogen-bond donors (Lipinski definition) is 1. The molecule has 1 atom stereocenters. The van der Waals surface area contributed by atoms with E-state index in [1.54, 1.807) is 12.1 Å². The maximum absolute atomic E-state index is 12.8. The highest BCUT2D eigenvalue weighted by Gasteiger charge is 2.12. The number of aliphatic hydroxyl groups excluding tert-OH is 1. The Bertz CT molecular complexity index is 329. The smallest absolute Gasteiger partial charge is 0.123 e. The van der Waals surface area contributed by atoms with E-state index in [-0.39, 0.29) is 5.82 Å². The molecule has 1 rings (SSSR count). The van der Waals surface area contributed by atoms with Crippen LogP contribution in [0.15, 0.2) is 24.3 Å². The number of halogens is 1. The predicted molar refractivity (Wildman–Crippen MR) is 70.0 cm³/mol. The highest BCUT2D eigenvalue weighted by Crippen LogP contribution is 2.14. The van der Waals surface area contributed by atoms with Gasteiger partial charge in [-0.15, -0.1) is 0 Å². The van der Waals surface area contributed by atoms with E-state index >= 15 is 0 Å². The second-order valence-corrected chi connectivity index (χ2v) is 4.16. The van der Waals surface area contributed by atoms with Gasteiger partial charge in [0, 0.05) is 19.7 Å². The molecule has 3 nitrogen and oxygen atoms in total. The highest BCUT2D eigenvalue weighted by atomic mass is 19.1. The topological polar surface area (TPSA) is 32.7 Å². The SMILES string of the molecule is CCOCCN(CC)CC(O)c1ccc(F)cc1. The van der Waals surface area contributed by atoms with Crippen molar-refractivity contribution in [3.63, 3.8) is 0 Å². The molecule has 4 heteroatoms. The molecule has 1 unspecified atom stereocenters. The Balaban J connectivity index is 2.45. The summed E-state index contributed by atoms with van der Waals surface area (Å²) in [6.45, 7) is 7.56. The van der Waals surface area contributed by atoms with Gasteiger partial charge in [-0.25, -0.2) is 4.39 Å². The molecule has 0 aliphatic rings. The molecule has 0 saturated heterocycles. The second kappa shape index (κ2) is 8.19. The number of benzene rings is 1. The van der Waals surface area contributed by atoms with Gasteiger partial charge >= 0.3 is 0 Å². The molecule has 1 N–H and O–H groups in total. The zero-order valence-corrected chi connectivity index (χ0v) is 11.1. The van der Waals surface area contributed by atoms with Crippen molar-refractivity contribution < 1.29 is 14.2 Å². The molecular formula is C14H22FNO2. The summed E-state index contributed by atoms with van der Waals surface area (Å²) in [4.78, 5) is 2.11. The van der Waals surface area contributed by atoms with Gasteiger partial charge in [0.15, 0.2) is 0 Å². The number of rotatable bonds is 8. The Morgan fingerprint density at radius 1 is 1.28 bits per heavy atom. The minimum absolute atomic E-state index is 0.283. The van der Waals surface area contributed by atoms with E-state index in [0.29, 0.717) is 19.8 Å². The van der Waals surface area contributed by atoms with Crippen LogP contribution in [0.3, 0.4) is 0 Å². The fraction of sp³-hybridized carbons (Fsp3) is 0.571. The van der Waals surface area contributed by atoms with Crippen molar-refractivity contribution in [2.24, 2.45) is 0 Å². The van der Waals surface area contributed by atoms with E-state index in [9.17, 15) is 9.50 Å². The molecule has 0 aliphatic heterocycles. The summed E-state index contributed by atoms with van der Waals surface area (Å²) in [5, 5.41) is 10.1. The van der Waals surface area contributed by atoms with E-state index in [4.69, 9.17) is 4.74 Å². The van der Waals surface area contributed by atoms with Crippen molar-refractivity contribution in [2.45, 2.75) is 20.0 Å².